The molecule has 24 heavy (non-hydrogen) atoms. The van der Waals surface area contributed by atoms with Crippen LogP contribution in [0, 0.1) is 11.6 Å². The molecule has 2 aromatic carbocycles. The first-order chi connectivity index (χ1) is 11.6. The topological polar surface area (TPSA) is 30.5 Å². The van der Waals surface area contributed by atoms with Gasteiger partial charge in [0.25, 0.3) is 0 Å². The van der Waals surface area contributed by atoms with Crippen LogP contribution >= 0.6 is 0 Å². The van der Waals surface area contributed by atoms with Crippen molar-refractivity contribution in [3.8, 4) is 11.5 Å². The molecule has 2 aromatic rings. The highest BCUT2D eigenvalue weighted by molar-refractivity contribution is 5.49. The summed E-state index contributed by atoms with van der Waals surface area (Å²) in [5, 5.41) is 3.43. The molecular formula is C19H21F2NO2. The Labute approximate surface area is 140 Å². The number of benzene rings is 2. The summed E-state index contributed by atoms with van der Waals surface area (Å²) in [5.74, 6) is 0.399. The fourth-order valence-corrected chi connectivity index (χ4v) is 3.29. The molecule has 0 fully saturated rings. The summed E-state index contributed by atoms with van der Waals surface area (Å²) >= 11 is 0. The van der Waals surface area contributed by atoms with E-state index in [2.05, 4.69) is 5.32 Å². The second-order valence-electron chi connectivity index (χ2n) is 5.90. The fraction of sp³-hybridized carbons (Fsp3) is 0.368. The molecule has 1 atom stereocenters. The SMILES string of the molecule is COc1cc2c(cc1OC)[C@H](CCc1c(F)cccc1F)NCC2. The van der Waals surface area contributed by atoms with Crippen LogP contribution in [0.4, 0.5) is 8.78 Å². The van der Waals surface area contributed by atoms with Crippen molar-refractivity contribution in [3.63, 3.8) is 0 Å². The normalized spacial score (nSPS) is 16.6. The first-order valence-electron chi connectivity index (χ1n) is 8.05. The second kappa shape index (κ2) is 7.18. The van der Waals surface area contributed by atoms with E-state index < -0.39 is 11.6 Å². The first kappa shape index (κ1) is 16.7. The number of hydrogen-bond donors (Lipinski definition) is 1. The van der Waals surface area contributed by atoms with Gasteiger partial charge in [-0.1, -0.05) is 6.07 Å². The first-order valence-corrected chi connectivity index (χ1v) is 8.05. The van der Waals surface area contributed by atoms with Gasteiger partial charge in [-0.15, -0.1) is 0 Å². The van der Waals surface area contributed by atoms with Crippen molar-refractivity contribution in [2.24, 2.45) is 0 Å². The van der Waals surface area contributed by atoms with E-state index in [-0.39, 0.29) is 11.6 Å². The summed E-state index contributed by atoms with van der Waals surface area (Å²) in [7, 11) is 3.22. The minimum Gasteiger partial charge on any atom is -0.493 e. The van der Waals surface area contributed by atoms with Crippen LogP contribution in [0.2, 0.25) is 0 Å². The highest BCUT2D eigenvalue weighted by Crippen LogP contribution is 2.36. The van der Waals surface area contributed by atoms with Crippen molar-refractivity contribution in [2.45, 2.75) is 25.3 Å². The van der Waals surface area contributed by atoms with Gasteiger partial charge in [0.2, 0.25) is 0 Å². The highest BCUT2D eigenvalue weighted by atomic mass is 19.1. The zero-order chi connectivity index (χ0) is 17.1. The summed E-state index contributed by atoms with van der Waals surface area (Å²) in [4.78, 5) is 0. The molecule has 3 nitrogen and oxygen atoms in total. The summed E-state index contributed by atoms with van der Waals surface area (Å²) < 4.78 is 38.4. The molecule has 0 radical (unpaired) electrons. The number of ether oxygens (including phenoxy) is 2. The van der Waals surface area contributed by atoms with E-state index in [1.165, 1.54) is 23.8 Å². The maximum atomic E-state index is 13.8. The maximum absolute atomic E-state index is 13.8. The van der Waals surface area contributed by atoms with Gasteiger partial charge in [-0.2, -0.15) is 0 Å². The van der Waals surface area contributed by atoms with E-state index in [0.717, 1.165) is 18.5 Å². The monoisotopic (exact) mass is 333 g/mol. The van der Waals surface area contributed by atoms with Gasteiger partial charge in [-0.3, -0.25) is 0 Å². The quantitative estimate of drug-likeness (QED) is 0.903. The van der Waals surface area contributed by atoms with Crippen molar-refractivity contribution in [3.05, 3.63) is 58.7 Å². The van der Waals surface area contributed by atoms with Crippen molar-refractivity contribution >= 4 is 0 Å². The van der Waals surface area contributed by atoms with Gasteiger partial charge >= 0.3 is 0 Å². The molecule has 1 heterocycles. The predicted octanol–water partition coefficient (Wildman–Crippen LogP) is 3.80. The maximum Gasteiger partial charge on any atom is 0.161 e. The number of fused-ring (bicyclic) bond motifs is 1. The lowest BCUT2D eigenvalue weighted by Gasteiger charge is -2.28. The zero-order valence-electron chi connectivity index (χ0n) is 13.9. The Morgan fingerprint density at radius 1 is 1.08 bits per heavy atom. The van der Waals surface area contributed by atoms with Crippen LogP contribution in [0.3, 0.4) is 0 Å². The molecule has 5 heteroatoms. The van der Waals surface area contributed by atoms with Gasteiger partial charge in [0.05, 0.1) is 14.2 Å². The highest BCUT2D eigenvalue weighted by Gasteiger charge is 2.23. The van der Waals surface area contributed by atoms with Gasteiger partial charge in [0, 0.05) is 11.6 Å². The minimum absolute atomic E-state index is 0.0348. The molecular weight excluding hydrogens is 312 g/mol. The molecule has 0 amide bonds. The Kier molecular flexibility index (Phi) is 5.00. The predicted molar refractivity (Wildman–Crippen MR) is 88.7 cm³/mol. The molecule has 0 aliphatic carbocycles. The standard InChI is InChI=1S/C19H21F2NO2/c1-23-18-10-12-8-9-22-17(14(12)11-19(18)24-2)7-6-13-15(20)4-3-5-16(13)21/h3-5,10-11,17,22H,6-9H2,1-2H3/t17-/m0/s1. The molecule has 0 saturated heterocycles. The molecule has 0 spiro atoms. The lowest BCUT2D eigenvalue weighted by atomic mass is 9.90. The van der Waals surface area contributed by atoms with Gasteiger partial charge in [-0.25, -0.2) is 8.78 Å². The molecule has 128 valence electrons. The molecule has 0 bridgehead atoms. The Morgan fingerprint density at radius 2 is 1.75 bits per heavy atom. The Balaban J connectivity index is 1.84. The lowest BCUT2D eigenvalue weighted by Crippen LogP contribution is -2.30. The molecule has 0 saturated carbocycles. The average Bonchev–Trinajstić information content (AvgIpc) is 2.60. The van der Waals surface area contributed by atoms with Gasteiger partial charge in [0.15, 0.2) is 11.5 Å². The third kappa shape index (κ3) is 3.22. The second-order valence-corrected chi connectivity index (χ2v) is 5.90. The van der Waals surface area contributed by atoms with E-state index in [0.29, 0.717) is 24.3 Å². The molecule has 0 aromatic heterocycles. The van der Waals surface area contributed by atoms with Gasteiger partial charge in [-0.05, 0) is 61.2 Å². The molecule has 0 unspecified atom stereocenters. The number of halogens is 2. The van der Waals surface area contributed by atoms with E-state index in [4.69, 9.17) is 9.47 Å². The van der Waals surface area contributed by atoms with E-state index >= 15 is 0 Å². The van der Waals surface area contributed by atoms with Crippen LogP contribution in [-0.2, 0) is 12.8 Å². The van der Waals surface area contributed by atoms with E-state index in [9.17, 15) is 8.78 Å². The van der Waals surface area contributed by atoms with Crippen molar-refractivity contribution in [1.82, 2.24) is 5.32 Å². The number of nitrogens with one attached hydrogen (secondary N) is 1. The third-order valence-electron chi connectivity index (χ3n) is 4.55. The van der Waals surface area contributed by atoms with Crippen LogP contribution in [0.5, 0.6) is 11.5 Å². The average molecular weight is 333 g/mol. The van der Waals surface area contributed by atoms with Crippen molar-refractivity contribution < 1.29 is 18.3 Å². The summed E-state index contributed by atoms with van der Waals surface area (Å²) in [6.45, 7) is 0.826. The number of hydrogen-bond acceptors (Lipinski definition) is 3. The van der Waals surface area contributed by atoms with E-state index in [1.807, 2.05) is 12.1 Å². The van der Waals surface area contributed by atoms with Crippen LogP contribution < -0.4 is 14.8 Å². The van der Waals surface area contributed by atoms with Crippen LogP contribution in [0.1, 0.15) is 29.2 Å². The van der Waals surface area contributed by atoms with Crippen LogP contribution in [0.25, 0.3) is 0 Å². The lowest BCUT2D eigenvalue weighted by molar-refractivity contribution is 0.351. The number of methoxy groups -OCH3 is 2. The van der Waals surface area contributed by atoms with Crippen molar-refractivity contribution in [2.75, 3.05) is 20.8 Å². The minimum atomic E-state index is -0.488. The molecule has 1 N–H and O–H groups in total. The van der Waals surface area contributed by atoms with Crippen molar-refractivity contribution in [1.29, 1.82) is 0 Å². The summed E-state index contributed by atoms with van der Waals surface area (Å²) in [6.07, 6.45) is 1.84. The Bertz CT molecular complexity index is 713. The molecule has 3 rings (SSSR count). The number of rotatable bonds is 5. The fourth-order valence-electron chi connectivity index (χ4n) is 3.29. The molecule has 1 aliphatic rings. The van der Waals surface area contributed by atoms with E-state index in [1.54, 1.807) is 14.2 Å². The third-order valence-corrected chi connectivity index (χ3v) is 4.55. The summed E-state index contributed by atoms with van der Waals surface area (Å²) in [5.41, 5.74) is 2.44. The summed E-state index contributed by atoms with van der Waals surface area (Å²) in [6, 6.07) is 7.98. The largest absolute Gasteiger partial charge is 0.493 e. The van der Waals surface area contributed by atoms with Crippen LogP contribution in [-0.4, -0.2) is 20.8 Å². The van der Waals surface area contributed by atoms with Crippen LogP contribution in [0.15, 0.2) is 30.3 Å². The smallest absolute Gasteiger partial charge is 0.161 e. The zero-order valence-corrected chi connectivity index (χ0v) is 13.9. The Morgan fingerprint density at radius 3 is 2.42 bits per heavy atom. The van der Waals surface area contributed by atoms with Gasteiger partial charge < -0.3 is 14.8 Å². The molecule has 1 aliphatic heterocycles. The van der Waals surface area contributed by atoms with Gasteiger partial charge in [0.1, 0.15) is 11.6 Å². The Hall–Kier alpha value is -2.14.